The summed E-state index contributed by atoms with van der Waals surface area (Å²) in [4.78, 5) is 11.2. The van der Waals surface area contributed by atoms with Crippen molar-refractivity contribution in [2.24, 2.45) is 5.73 Å². The summed E-state index contributed by atoms with van der Waals surface area (Å²) < 4.78 is 6.32. The molecule has 78 valence electrons. The van der Waals surface area contributed by atoms with Gasteiger partial charge in [-0.1, -0.05) is 5.21 Å². The van der Waals surface area contributed by atoms with Gasteiger partial charge in [0.2, 0.25) is 0 Å². The smallest absolute Gasteiger partial charge is 0.360 e. The van der Waals surface area contributed by atoms with E-state index < -0.39 is 5.97 Å². The van der Waals surface area contributed by atoms with E-state index in [4.69, 9.17) is 10.5 Å². The third-order valence-corrected chi connectivity index (χ3v) is 1.79. The molecule has 0 radical (unpaired) electrons. The van der Waals surface area contributed by atoms with Crippen LogP contribution in [0.2, 0.25) is 0 Å². The van der Waals surface area contributed by atoms with Crippen LogP contribution >= 0.6 is 0 Å². The quantitative estimate of drug-likeness (QED) is 0.687. The lowest BCUT2D eigenvalue weighted by molar-refractivity contribution is 0.0519. The lowest BCUT2D eigenvalue weighted by Gasteiger charge is -2.05. The standard InChI is InChI=1S/C8H14N4O2/c1-3-14-8(13)7-5-12(11-10-7)6(2)4-9/h5-6H,3-4,9H2,1-2H3/t6-/m0/s1. The Hall–Kier alpha value is -1.43. The van der Waals surface area contributed by atoms with Crippen molar-refractivity contribution in [2.45, 2.75) is 19.9 Å². The lowest BCUT2D eigenvalue weighted by atomic mass is 10.3. The van der Waals surface area contributed by atoms with Crippen molar-refractivity contribution >= 4 is 5.97 Å². The molecule has 14 heavy (non-hydrogen) atoms. The first-order chi connectivity index (χ1) is 6.69. The van der Waals surface area contributed by atoms with E-state index in [1.165, 1.54) is 6.20 Å². The zero-order valence-electron chi connectivity index (χ0n) is 8.30. The predicted molar refractivity (Wildman–Crippen MR) is 49.7 cm³/mol. The van der Waals surface area contributed by atoms with Crippen LogP contribution in [0.25, 0.3) is 0 Å². The van der Waals surface area contributed by atoms with Crippen LogP contribution < -0.4 is 5.73 Å². The van der Waals surface area contributed by atoms with E-state index in [2.05, 4.69) is 10.3 Å². The minimum atomic E-state index is -0.456. The molecule has 6 nitrogen and oxygen atoms in total. The van der Waals surface area contributed by atoms with Crippen LogP contribution in [-0.4, -0.2) is 34.1 Å². The maximum Gasteiger partial charge on any atom is 0.360 e. The molecular weight excluding hydrogens is 184 g/mol. The van der Waals surface area contributed by atoms with E-state index >= 15 is 0 Å². The fourth-order valence-corrected chi connectivity index (χ4v) is 0.899. The average molecular weight is 198 g/mol. The van der Waals surface area contributed by atoms with Crippen molar-refractivity contribution in [2.75, 3.05) is 13.2 Å². The van der Waals surface area contributed by atoms with Gasteiger partial charge in [0.15, 0.2) is 5.69 Å². The van der Waals surface area contributed by atoms with E-state index in [1.807, 2.05) is 6.92 Å². The number of carbonyl (C=O) groups is 1. The fourth-order valence-electron chi connectivity index (χ4n) is 0.899. The summed E-state index contributed by atoms with van der Waals surface area (Å²) in [7, 11) is 0. The normalized spacial score (nSPS) is 12.5. The summed E-state index contributed by atoms with van der Waals surface area (Å²) in [6, 6.07) is 0.0330. The van der Waals surface area contributed by atoms with E-state index in [1.54, 1.807) is 11.6 Å². The summed E-state index contributed by atoms with van der Waals surface area (Å²) in [5, 5.41) is 7.46. The van der Waals surface area contributed by atoms with Crippen molar-refractivity contribution in [1.29, 1.82) is 0 Å². The second kappa shape index (κ2) is 4.71. The van der Waals surface area contributed by atoms with Gasteiger partial charge in [-0.3, -0.25) is 0 Å². The molecule has 6 heteroatoms. The summed E-state index contributed by atoms with van der Waals surface area (Å²) in [5.41, 5.74) is 5.66. The molecular formula is C8H14N4O2. The predicted octanol–water partition coefficient (Wildman–Crippen LogP) is -0.0255. The zero-order valence-corrected chi connectivity index (χ0v) is 8.30. The van der Waals surface area contributed by atoms with Crippen LogP contribution in [0.3, 0.4) is 0 Å². The highest BCUT2D eigenvalue weighted by atomic mass is 16.5. The van der Waals surface area contributed by atoms with Crippen LogP contribution in [0.15, 0.2) is 6.20 Å². The van der Waals surface area contributed by atoms with Crippen LogP contribution in [0.1, 0.15) is 30.4 Å². The second-order valence-electron chi connectivity index (χ2n) is 2.89. The molecule has 0 unspecified atom stereocenters. The van der Waals surface area contributed by atoms with Crippen LogP contribution in [0.4, 0.5) is 0 Å². The van der Waals surface area contributed by atoms with Gasteiger partial charge < -0.3 is 10.5 Å². The molecule has 0 amide bonds. The maximum absolute atomic E-state index is 11.2. The average Bonchev–Trinajstić information content (AvgIpc) is 2.66. The molecule has 2 N–H and O–H groups in total. The molecule has 0 aliphatic carbocycles. The molecule has 0 saturated carbocycles. The molecule has 1 aromatic heterocycles. The third kappa shape index (κ3) is 2.29. The number of esters is 1. The Morgan fingerprint density at radius 1 is 1.79 bits per heavy atom. The maximum atomic E-state index is 11.2. The Morgan fingerprint density at radius 3 is 3.07 bits per heavy atom. The Kier molecular flexibility index (Phi) is 3.58. The first kappa shape index (κ1) is 10.6. The molecule has 0 aromatic carbocycles. The third-order valence-electron chi connectivity index (χ3n) is 1.79. The Balaban J connectivity index is 2.72. The number of nitrogens with zero attached hydrogens (tertiary/aromatic N) is 3. The number of nitrogens with two attached hydrogens (primary N) is 1. The van der Waals surface area contributed by atoms with Crippen molar-refractivity contribution in [3.63, 3.8) is 0 Å². The molecule has 1 rings (SSSR count). The van der Waals surface area contributed by atoms with E-state index in [0.29, 0.717) is 13.2 Å². The number of hydrogen-bond acceptors (Lipinski definition) is 5. The highest BCUT2D eigenvalue weighted by Gasteiger charge is 2.13. The molecule has 1 atom stereocenters. The van der Waals surface area contributed by atoms with Crippen molar-refractivity contribution in [3.8, 4) is 0 Å². The number of aromatic nitrogens is 3. The van der Waals surface area contributed by atoms with Crippen molar-refractivity contribution in [3.05, 3.63) is 11.9 Å². The zero-order chi connectivity index (χ0) is 10.6. The van der Waals surface area contributed by atoms with Gasteiger partial charge in [-0.25, -0.2) is 9.48 Å². The number of hydrogen-bond donors (Lipinski definition) is 1. The lowest BCUT2D eigenvalue weighted by Crippen LogP contribution is -2.16. The monoisotopic (exact) mass is 198 g/mol. The summed E-state index contributed by atoms with van der Waals surface area (Å²) in [6.45, 7) is 4.41. The molecule has 0 aliphatic rings. The van der Waals surface area contributed by atoms with Crippen LogP contribution in [0.5, 0.6) is 0 Å². The van der Waals surface area contributed by atoms with Gasteiger partial charge in [0.1, 0.15) is 0 Å². The highest BCUT2D eigenvalue weighted by Crippen LogP contribution is 2.03. The minimum Gasteiger partial charge on any atom is -0.461 e. The first-order valence-electron chi connectivity index (χ1n) is 4.48. The van der Waals surface area contributed by atoms with Gasteiger partial charge in [0.05, 0.1) is 18.8 Å². The molecule has 0 bridgehead atoms. The largest absolute Gasteiger partial charge is 0.461 e. The minimum absolute atomic E-state index is 0.0330. The number of ether oxygens (including phenoxy) is 1. The number of carbonyl (C=O) groups excluding carboxylic acids is 1. The van der Waals surface area contributed by atoms with Crippen LogP contribution in [0, 0.1) is 0 Å². The summed E-state index contributed by atoms with van der Waals surface area (Å²) >= 11 is 0. The Morgan fingerprint density at radius 2 is 2.50 bits per heavy atom. The van der Waals surface area contributed by atoms with E-state index in [0.717, 1.165) is 0 Å². The van der Waals surface area contributed by atoms with Gasteiger partial charge in [-0.2, -0.15) is 0 Å². The van der Waals surface area contributed by atoms with Gasteiger partial charge in [-0.15, -0.1) is 5.10 Å². The highest BCUT2D eigenvalue weighted by molar-refractivity contribution is 5.86. The number of rotatable bonds is 4. The van der Waals surface area contributed by atoms with Crippen molar-refractivity contribution < 1.29 is 9.53 Å². The van der Waals surface area contributed by atoms with Gasteiger partial charge in [0.25, 0.3) is 0 Å². The molecule has 0 aliphatic heterocycles. The Labute approximate surface area is 82.0 Å². The topological polar surface area (TPSA) is 83.0 Å². The van der Waals surface area contributed by atoms with E-state index in [9.17, 15) is 4.79 Å². The summed E-state index contributed by atoms with van der Waals surface area (Å²) in [5.74, 6) is -0.456. The SMILES string of the molecule is CCOC(=O)c1cn([C@@H](C)CN)nn1. The first-order valence-corrected chi connectivity index (χ1v) is 4.48. The van der Waals surface area contributed by atoms with E-state index in [-0.39, 0.29) is 11.7 Å². The van der Waals surface area contributed by atoms with Gasteiger partial charge in [-0.05, 0) is 13.8 Å². The fraction of sp³-hybridized carbons (Fsp3) is 0.625. The molecule has 0 saturated heterocycles. The van der Waals surface area contributed by atoms with Gasteiger partial charge >= 0.3 is 5.97 Å². The second-order valence-corrected chi connectivity index (χ2v) is 2.89. The van der Waals surface area contributed by atoms with Crippen LogP contribution in [-0.2, 0) is 4.74 Å². The molecule has 0 fully saturated rings. The molecule has 1 aromatic rings. The molecule has 1 heterocycles. The molecule has 0 spiro atoms. The van der Waals surface area contributed by atoms with Crippen molar-refractivity contribution in [1.82, 2.24) is 15.0 Å². The summed E-state index contributed by atoms with van der Waals surface area (Å²) in [6.07, 6.45) is 1.54. The van der Waals surface area contributed by atoms with Gasteiger partial charge in [0, 0.05) is 6.54 Å². The Bertz CT molecular complexity index is 310.